The van der Waals surface area contributed by atoms with Crippen LogP contribution in [0.4, 0.5) is 0 Å². The predicted octanol–water partition coefficient (Wildman–Crippen LogP) is 1.72. The number of nitrogens with zero attached hydrogens (tertiary/aromatic N) is 2. The molecule has 1 N–H and O–H groups in total. The van der Waals surface area contributed by atoms with Crippen molar-refractivity contribution >= 4 is 0 Å². The minimum atomic E-state index is 0.665. The van der Waals surface area contributed by atoms with Gasteiger partial charge in [-0.3, -0.25) is 0 Å². The van der Waals surface area contributed by atoms with Gasteiger partial charge in [-0.25, -0.2) is 0 Å². The molecule has 0 aromatic carbocycles. The first kappa shape index (κ1) is 13.5. The summed E-state index contributed by atoms with van der Waals surface area (Å²) in [5, 5.41) is 11.5. The molecular weight excluding hydrogens is 230 g/mol. The summed E-state index contributed by atoms with van der Waals surface area (Å²) >= 11 is 0. The molecule has 1 aliphatic rings. The minimum absolute atomic E-state index is 0.665. The maximum atomic E-state index is 5.56. The van der Waals surface area contributed by atoms with Crippen LogP contribution in [0.25, 0.3) is 0 Å². The highest BCUT2D eigenvalue weighted by Crippen LogP contribution is 2.18. The number of hydrogen-bond acceptors (Lipinski definition) is 5. The van der Waals surface area contributed by atoms with Gasteiger partial charge in [0.05, 0.1) is 6.61 Å². The average molecular weight is 253 g/mol. The molecule has 5 heteroatoms. The highest BCUT2D eigenvalue weighted by Gasteiger charge is 2.19. The summed E-state index contributed by atoms with van der Waals surface area (Å²) in [6.07, 6.45) is 6.36. The van der Waals surface area contributed by atoms with Crippen LogP contribution in [-0.4, -0.2) is 36.0 Å². The van der Waals surface area contributed by atoms with Crippen LogP contribution >= 0.6 is 0 Å². The van der Waals surface area contributed by atoms with E-state index < -0.39 is 0 Å². The molecule has 1 heterocycles. The van der Waals surface area contributed by atoms with Crippen LogP contribution in [0.2, 0.25) is 0 Å². The van der Waals surface area contributed by atoms with Crippen molar-refractivity contribution in [1.82, 2.24) is 15.5 Å². The Morgan fingerprint density at radius 3 is 2.72 bits per heavy atom. The molecule has 0 radical (unpaired) electrons. The molecule has 102 valence electrons. The molecule has 1 aliphatic carbocycles. The normalized spacial score (nSPS) is 15.2. The molecular formula is C13H23N3O2. The molecule has 2 rings (SSSR count). The lowest BCUT2D eigenvalue weighted by Gasteiger charge is -1.99. The lowest BCUT2D eigenvalue weighted by molar-refractivity contribution is 0.133. The first-order valence-electron chi connectivity index (χ1n) is 7.01. The van der Waals surface area contributed by atoms with Crippen LogP contribution in [0, 0.1) is 0 Å². The second kappa shape index (κ2) is 7.48. The zero-order chi connectivity index (χ0) is 12.6. The molecule has 1 aromatic heterocycles. The van der Waals surface area contributed by atoms with Gasteiger partial charge in [0.15, 0.2) is 0 Å². The van der Waals surface area contributed by atoms with Gasteiger partial charge in [0.1, 0.15) is 0 Å². The Kier molecular flexibility index (Phi) is 5.61. The Bertz CT molecular complexity index is 337. The van der Waals surface area contributed by atoms with E-state index in [1.807, 2.05) is 0 Å². The van der Waals surface area contributed by atoms with Gasteiger partial charge in [-0.1, -0.05) is 6.92 Å². The summed E-state index contributed by atoms with van der Waals surface area (Å²) in [6.45, 7) is 4.61. The van der Waals surface area contributed by atoms with E-state index in [2.05, 4.69) is 22.4 Å². The molecule has 18 heavy (non-hydrogen) atoms. The fourth-order valence-corrected chi connectivity index (χ4v) is 1.73. The molecule has 0 spiro atoms. The van der Waals surface area contributed by atoms with Gasteiger partial charge in [0.2, 0.25) is 11.8 Å². The van der Waals surface area contributed by atoms with Crippen molar-refractivity contribution in [2.75, 3.05) is 19.8 Å². The van der Waals surface area contributed by atoms with Crippen molar-refractivity contribution in [3.05, 3.63) is 11.8 Å². The van der Waals surface area contributed by atoms with Crippen LogP contribution in [0.15, 0.2) is 4.42 Å². The Morgan fingerprint density at radius 1 is 1.22 bits per heavy atom. The summed E-state index contributed by atoms with van der Waals surface area (Å²) in [6, 6.07) is 0.777. The number of aryl methyl sites for hydroxylation is 1. The van der Waals surface area contributed by atoms with E-state index in [9.17, 15) is 0 Å². The van der Waals surface area contributed by atoms with Gasteiger partial charge < -0.3 is 14.5 Å². The van der Waals surface area contributed by atoms with Crippen molar-refractivity contribution in [2.24, 2.45) is 0 Å². The Balaban J connectivity index is 1.56. The summed E-state index contributed by atoms with van der Waals surface area (Å²) in [5.41, 5.74) is 0. The largest absolute Gasteiger partial charge is 0.425 e. The maximum absolute atomic E-state index is 5.56. The van der Waals surface area contributed by atoms with Gasteiger partial charge in [0, 0.05) is 25.5 Å². The van der Waals surface area contributed by atoms with Gasteiger partial charge >= 0.3 is 0 Å². The van der Waals surface area contributed by atoms with Crippen molar-refractivity contribution < 1.29 is 9.15 Å². The van der Waals surface area contributed by atoms with E-state index in [1.165, 1.54) is 12.8 Å². The van der Waals surface area contributed by atoms with Crippen LogP contribution in [0.1, 0.15) is 44.4 Å². The average Bonchev–Trinajstić information content (AvgIpc) is 3.10. The third kappa shape index (κ3) is 5.14. The summed E-state index contributed by atoms with van der Waals surface area (Å²) in [5.74, 6) is 1.44. The second-order valence-corrected chi connectivity index (χ2v) is 4.78. The molecule has 0 unspecified atom stereocenters. The van der Waals surface area contributed by atoms with Crippen LogP contribution in [-0.2, 0) is 17.6 Å². The zero-order valence-electron chi connectivity index (χ0n) is 11.2. The van der Waals surface area contributed by atoms with E-state index in [4.69, 9.17) is 9.15 Å². The standard InChI is InChI=1S/C13H23N3O2/c1-2-9-17-10-7-13-16-15-12(18-13)4-3-8-14-11-5-6-11/h11,14H,2-10H2,1H3. The van der Waals surface area contributed by atoms with Crippen molar-refractivity contribution in [2.45, 2.75) is 51.5 Å². The van der Waals surface area contributed by atoms with Crippen LogP contribution in [0.3, 0.4) is 0 Å². The summed E-state index contributed by atoms with van der Waals surface area (Å²) in [7, 11) is 0. The predicted molar refractivity (Wildman–Crippen MR) is 68.5 cm³/mol. The topological polar surface area (TPSA) is 60.2 Å². The third-order valence-electron chi connectivity index (χ3n) is 2.90. The first-order valence-corrected chi connectivity index (χ1v) is 7.01. The SMILES string of the molecule is CCCOCCc1nnc(CCCNC2CC2)o1. The lowest BCUT2D eigenvalue weighted by Crippen LogP contribution is -2.17. The Hall–Kier alpha value is -0.940. The van der Waals surface area contributed by atoms with Gasteiger partial charge in [-0.2, -0.15) is 0 Å². The highest BCUT2D eigenvalue weighted by atomic mass is 16.5. The van der Waals surface area contributed by atoms with Gasteiger partial charge in [-0.05, 0) is 32.2 Å². The van der Waals surface area contributed by atoms with Crippen LogP contribution < -0.4 is 5.32 Å². The van der Waals surface area contributed by atoms with Crippen molar-refractivity contribution in [1.29, 1.82) is 0 Å². The molecule has 0 amide bonds. The first-order chi connectivity index (χ1) is 8.88. The number of ether oxygens (including phenoxy) is 1. The Morgan fingerprint density at radius 2 is 2.00 bits per heavy atom. The fourth-order valence-electron chi connectivity index (χ4n) is 1.73. The smallest absolute Gasteiger partial charge is 0.218 e. The molecule has 0 bridgehead atoms. The highest BCUT2D eigenvalue weighted by molar-refractivity contribution is 4.84. The molecule has 1 fully saturated rings. The summed E-state index contributed by atoms with van der Waals surface area (Å²) < 4.78 is 10.9. The van der Waals surface area contributed by atoms with E-state index in [0.717, 1.165) is 44.3 Å². The molecule has 0 atom stereocenters. The Labute approximate surface area is 108 Å². The molecule has 0 saturated heterocycles. The summed E-state index contributed by atoms with van der Waals surface area (Å²) in [4.78, 5) is 0. The zero-order valence-corrected chi connectivity index (χ0v) is 11.2. The van der Waals surface area contributed by atoms with Crippen LogP contribution in [0.5, 0.6) is 0 Å². The van der Waals surface area contributed by atoms with E-state index >= 15 is 0 Å². The number of hydrogen-bond donors (Lipinski definition) is 1. The monoisotopic (exact) mass is 253 g/mol. The van der Waals surface area contributed by atoms with E-state index in [0.29, 0.717) is 18.9 Å². The van der Waals surface area contributed by atoms with Gasteiger partial charge in [-0.15, -0.1) is 10.2 Å². The van der Waals surface area contributed by atoms with Gasteiger partial charge in [0.25, 0.3) is 0 Å². The van der Waals surface area contributed by atoms with E-state index in [-0.39, 0.29) is 0 Å². The third-order valence-corrected chi connectivity index (χ3v) is 2.90. The maximum Gasteiger partial charge on any atom is 0.218 e. The molecule has 5 nitrogen and oxygen atoms in total. The lowest BCUT2D eigenvalue weighted by atomic mass is 10.3. The number of aromatic nitrogens is 2. The molecule has 0 aliphatic heterocycles. The van der Waals surface area contributed by atoms with E-state index in [1.54, 1.807) is 0 Å². The number of rotatable bonds is 10. The minimum Gasteiger partial charge on any atom is -0.425 e. The number of nitrogens with one attached hydrogen (secondary N) is 1. The van der Waals surface area contributed by atoms with Crippen molar-refractivity contribution in [3.8, 4) is 0 Å². The molecule has 1 saturated carbocycles. The fraction of sp³-hybridized carbons (Fsp3) is 0.846. The quantitative estimate of drug-likeness (QED) is 0.643. The second-order valence-electron chi connectivity index (χ2n) is 4.78. The molecule has 1 aromatic rings. The van der Waals surface area contributed by atoms with Crippen molar-refractivity contribution in [3.63, 3.8) is 0 Å².